The first-order valence-electron chi connectivity index (χ1n) is 11.2. The van der Waals surface area contributed by atoms with Crippen LogP contribution in [0.4, 0.5) is 10.8 Å². The fraction of sp³-hybridized carbons (Fsp3) is 0.333. The number of hydrogen-bond acceptors (Lipinski definition) is 9. The van der Waals surface area contributed by atoms with Gasteiger partial charge in [-0.3, -0.25) is 4.98 Å². The number of hydrogen-bond donors (Lipinski definition) is 1. The van der Waals surface area contributed by atoms with Crippen molar-refractivity contribution in [2.24, 2.45) is 5.92 Å². The maximum atomic E-state index is 9.15. The highest BCUT2D eigenvalue weighted by Crippen LogP contribution is 2.36. The van der Waals surface area contributed by atoms with Crippen LogP contribution >= 0.6 is 11.3 Å². The van der Waals surface area contributed by atoms with Gasteiger partial charge in [0.25, 0.3) is 0 Å². The molecule has 5 rings (SSSR count). The van der Waals surface area contributed by atoms with Crippen molar-refractivity contribution in [3.63, 3.8) is 0 Å². The number of fused-ring (bicyclic) bond motifs is 1. The Morgan fingerprint density at radius 1 is 1.12 bits per heavy atom. The minimum atomic E-state index is 0.133. The molecule has 4 aromatic rings. The summed E-state index contributed by atoms with van der Waals surface area (Å²) in [6.45, 7) is 5.82. The van der Waals surface area contributed by atoms with Gasteiger partial charge < -0.3 is 10.2 Å². The van der Waals surface area contributed by atoms with Gasteiger partial charge in [-0.1, -0.05) is 11.3 Å². The molecule has 0 atom stereocenters. The van der Waals surface area contributed by atoms with E-state index in [9.17, 15) is 0 Å². The summed E-state index contributed by atoms with van der Waals surface area (Å²) in [6.07, 6.45) is 5.10. The average molecular weight is 470 g/mol. The minimum Gasteiger partial charge on any atom is -0.382 e. The summed E-state index contributed by atoms with van der Waals surface area (Å²) < 4.78 is 1.79. The van der Waals surface area contributed by atoms with E-state index in [2.05, 4.69) is 51.5 Å². The topological polar surface area (TPSA) is 119 Å². The highest BCUT2D eigenvalue weighted by molar-refractivity contribution is 7.18. The Hall–Kier alpha value is -4.02. The number of aromatic nitrogens is 5. The second-order valence-electron chi connectivity index (χ2n) is 8.61. The Morgan fingerprint density at radius 3 is 2.68 bits per heavy atom. The zero-order chi connectivity index (χ0) is 23.7. The Bertz CT molecular complexity index is 1410. The Morgan fingerprint density at radius 2 is 1.94 bits per heavy atom. The summed E-state index contributed by atoms with van der Waals surface area (Å²) in [5.41, 5.74) is 4.80. The largest absolute Gasteiger partial charge is 0.382 e. The molecule has 9 nitrogen and oxygen atoms in total. The lowest BCUT2D eigenvalue weighted by atomic mass is 9.99. The fourth-order valence-corrected chi connectivity index (χ4v) is 5.02. The lowest BCUT2D eigenvalue weighted by Crippen LogP contribution is -2.33. The van der Waals surface area contributed by atoms with Crippen LogP contribution in [-0.4, -0.2) is 43.9 Å². The van der Waals surface area contributed by atoms with Crippen molar-refractivity contribution >= 4 is 27.7 Å². The molecule has 0 aliphatic carbocycles. The van der Waals surface area contributed by atoms with Crippen molar-refractivity contribution < 1.29 is 0 Å². The van der Waals surface area contributed by atoms with Gasteiger partial charge in [0.1, 0.15) is 6.07 Å². The van der Waals surface area contributed by atoms with Crippen molar-refractivity contribution in [1.82, 2.24) is 24.8 Å². The Balaban J connectivity index is 1.48. The molecular formula is C24H23N9S. The van der Waals surface area contributed by atoms with E-state index in [0.717, 1.165) is 64.2 Å². The summed E-state index contributed by atoms with van der Waals surface area (Å²) in [5.74, 6) is 0.133. The third-order valence-corrected chi connectivity index (χ3v) is 6.85. The molecule has 0 aromatic carbocycles. The number of anilines is 2. The molecule has 10 heteroatoms. The number of nitriles is 2. The maximum Gasteiger partial charge on any atom is 0.208 e. The van der Waals surface area contributed by atoms with Gasteiger partial charge in [0, 0.05) is 36.9 Å². The number of nitrogens with one attached hydrogen (secondary N) is 1. The standard InChI is InChI=1S/C24H23N9S/c1-15(2)29-20-10-21(22-4-3-18-9-17(12-26)13-28-33(18)22)27-14-19(20)23-30-31-24(34-23)32-7-5-16(11-25)6-8-32/h3-4,9-10,13-16H,5-8H2,1-2H3,(H,27,29). The molecule has 1 fully saturated rings. The maximum absolute atomic E-state index is 9.15. The molecule has 170 valence electrons. The fourth-order valence-electron chi connectivity index (χ4n) is 4.10. The van der Waals surface area contributed by atoms with E-state index < -0.39 is 0 Å². The number of nitrogens with zero attached hydrogens (tertiary/aromatic N) is 8. The quantitative estimate of drug-likeness (QED) is 0.458. The summed E-state index contributed by atoms with van der Waals surface area (Å²) in [7, 11) is 0. The lowest BCUT2D eigenvalue weighted by Gasteiger charge is -2.28. The van der Waals surface area contributed by atoms with E-state index in [4.69, 9.17) is 15.5 Å². The smallest absolute Gasteiger partial charge is 0.208 e. The van der Waals surface area contributed by atoms with Gasteiger partial charge in [-0.05, 0) is 51.0 Å². The van der Waals surface area contributed by atoms with E-state index >= 15 is 0 Å². The predicted octanol–water partition coefficient (Wildman–Crippen LogP) is 4.35. The van der Waals surface area contributed by atoms with Gasteiger partial charge >= 0.3 is 0 Å². The molecule has 0 radical (unpaired) electrons. The van der Waals surface area contributed by atoms with Crippen LogP contribution in [0.1, 0.15) is 32.3 Å². The van der Waals surface area contributed by atoms with Gasteiger partial charge in [0.2, 0.25) is 5.13 Å². The summed E-state index contributed by atoms with van der Waals surface area (Å²) in [4.78, 5) is 6.93. The lowest BCUT2D eigenvalue weighted by molar-refractivity contribution is 0.486. The van der Waals surface area contributed by atoms with E-state index in [0.29, 0.717) is 5.56 Å². The van der Waals surface area contributed by atoms with Crippen molar-refractivity contribution in [2.75, 3.05) is 23.3 Å². The first kappa shape index (κ1) is 21.8. The van der Waals surface area contributed by atoms with Crippen LogP contribution in [0.2, 0.25) is 0 Å². The SMILES string of the molecule is CC(C)Nc1cc(-c2ccc3cc(C#N)cnn23)ncc1-c1nnc(N2CCC(C#N)CC2)s1. The summed E-state index contributed by atoms with van der Waals surface area (Å²) in [5, 5.41) is 36.8. The minimum absolute atomic E-state index is 0.133. The van der Waals surface area contributed by atoms with Gasteiger partial charge in [0.15, 0.2) is 5.01 Å². The van der Waals surface area contributed by atoms with E-state index in [1.54, 1.807) is 28.1 Å². The second-order valence-corrected chi connectivity index (χ2v) is 9.56. The number of piperidine rings is 1. The molecule has 1 aliphatic heterocycles. The molecule has 1 N–H and O–H groups in total. The van der Waals surface area contributed by atoms with Crippen molar-refractivity contribution in [3.05, 3.63) is 42.2 Å². The van der Waals surface area contributed by atoms with Crippen LogP contribution in [0.15, 0.2) is 36.7 Å². The molecule has 0 spiro atoms. The first-order chi connectivity index (χ1) is 16.6. The van der Waals surface area contributed by atoms with Crippen LogP contribution in [0.3, 0.4) is 0 Å². The first-order valence-corrected chi connectivity index (χ1v) is 12.0. The monoisotopic (exact) mass is 469 g/mol. The number of pyridine rings is 1. The van der Waals surface area contributed by atoms with Crippen molar-refractivity contribution in [3.8, 4) is 34.1 Å². The molecule has 4 aromatic heterocycles. The van der Waals surface area contributed by atoms with Crippen LogP contribution < -0.4 is 10.2 Å². The van der Waals surface area contributed by atoms with Gasteiger partial charge in [-0.15, -0.1) is 10.2 Å². The van der Waals surface area contributed by atoms with Crippen molar-refractivity contribution in [1.29, 1.82) is 10.5 Å². The highest BCUT2D eigenvalue weighted by atomic mass is 32.1. The average Bonchev–Trinajstić information content (AvgIpc) is 3.51. The highest BCUT2D eigenvalue weighted by Gasteiger charge is 2.23. The third-order valence-electron chi connectivity index (χ3n) is 5.83. The molecule has 0 bridgehead atoms. The van der Waals surface area contributed by atoms with E-state index in [1.807, 2.05) is 24.4 Å². The molecule has 1 saturated heterocycles. The third kappa shape index (κ3) is 4.16. The zero-order valence-corrected chi connectivity index (χ0v) is 19.7. The van der Waals surface area contributed by atoms with E-state index in [1.165, 1.54) is 0 Å². The van der Waals surface area contributed by atoms with Gasteiger partial charge in [0.05, 0.1) is 40.3 Å². The van der Waals surface area contributed by atoms with Crippen LogP contribution in [-0.2, 0) is 0 Å². The summed E-state index contributed by atoms with van der Waals surface area (Å²) >= 11 is 1.55. The molecule has 34 heavy (non-hydrogen) atoms. The normalized spacial score (nSPS) is 14.3. The van der Waals surface area contributed by atoms with Crippen LogP contribution in [0.25, 0.3) is 27.5 Å². The molecule has 5 heterocycles. The molecule has 0 saturated carbocycles. The Labute approximate surface area is 201 Å². The Kier molecular flexibility index (Phi) is 5.83. The molecule has 0 amide bonds. The molecule has 0 unspecified atom stereocenters. The van der Waals surface area contributed by atoms with Gasteiger partial charge in [-0.2, -0.15) is 15.6 Å². The van der Waals surface area contributed by atoms with Crippen LogP contribution in [0.5, 0.6) is 0 Å². The summed E-state index contributed by atoms with van der Waals surface area (Å²) in [6, 6.07) is 12.4. The van der Waals surface area contributed by atoms with E-state index in [-0.39, 0.29) is 12.0 Å². The number of rotatable bonds is 5. The van der Waals surface area contributed by atoms with Crippen molar-refractivity contribution in [2.45, 2.75) is 32.7 Å². The zero-order valence-electron chi connectivity index (χ0n) is 18.9. The molecule has 1 aliphatic rings. The predicted molar refractivity (Wildman–Crippen MR) is 131 cm³/mol. The molecular weight excluding hydrogens is 446 g/mol. The van der Waals surface area contributed by atoms with Gasteiger partial charge in [-0.25, -0.2) is 4.52 Å². The van der Waals surface area contributed by atoms with Crippen LogP contribution in [0, 0.1) is 28.6 Å². The second kappa shape index (κ2) is 9.08.